The number of aromatic nitrogens is 4. The van der Waals surface area contributed by atoms with Crippen LogP contribution in [0.4, 0.5) is 11.8 Å². The maximum Gasteiger partial charge on any atom is 0.353 e. The Morgan fingerprint density at radius 1 is 0.930 bits per heavy atom. The number of unbranched alkanes of at least 4 members (excludes halogenated alkanes) is 12. The van der Waals surface area contributed by atoms with Crippen LogP contribution < -0.4 is 11.1 Å². The number of nitrogens with zero attached hydrogens (tertiary/aromatic N) is 4. The van der Waals surface area contributed by atoms with E-state index in [0.717, 1.165) is 25.7 Å². The highest BCUT2D eigenvalue weighted by Gasteiger charge is 2.24. The van der Waals surface area contributed by atoms with E-state index in [1.807, 2.05) is 0 Å². The van der Waals surface area contributed by atoms with E-state index < -0.39 is 7.60 Å². The van der Waals surface area contributed by atoms with Crippen molar-refractivity contribution in [2.24, 2.45) is 0 Å². The van der Waals surface area contributed by atoms with Crippen molar-refractivity contribution in [2.45, 2.75) is 122 Å². The quantitative estimate of drug-likeness (QED) is 0.0530. The van der Waals surface area contributed by atoms with Gasteiger partial charge >= 0.3 is 7.60 Å². The normalized spacial score (nSPS) is 15.0. The minimum absolute atomic E-state index is 0.0582. The molecule has 12 heteroatoms. The van der Waals surface area contributed by atoms with E-state index in [2.05, 4.69) is 39.3 Å². The molecule has 2 aromatic heterocycles. The molecule has 2 heterocycles. The third-order valence-corrected chi connectivity index (χ3v) is 8.55. The Bertz CT molecular complexity index is 1110. The van der Waals surface area contributed by atoms with Gasteiger partial charge in [-0.15, -0.1) is 0 Å². The second-order valence-electron chi connectivity index (χ2n) is 11.5. The molecule has 11 nitrogen and oxygen atoms in total. The number of ether oxygens (including phenoxy) is 2. The number of imidazole rings is 1. The largest absolute Gasteiger partial charge is 0.379 e. The predicted octanol–water partition coefficient (Wildman–Crippen LogP) is 7.21. The summed E-state index contributed by atoms with van der Waals surface area (Å²) in [4.78, 5) is 23.0. The van der Waals surface area contributed by atoms with Crippen molar-refractivity contribution >= 4 is 30.5 Å². The van der Waals surface area contributed by atoms with Gasteiger partial charge in [-0.1, -0.05) is 76.9 Å². The SMILES string of the molecule is CCCCCCCC/C=C\CCCCCCCCOCCOP(=O)(O)COCCn1cnc2c(NC3CC3)nc(N)nc21. The van der Waals surface area contributed by atoms with Gasteiger partial charge in [0, 0.05) is 19.2 Å². The first-order valence-corrected chi connectivity index (χ1v) is 18.3. The van der Waals surface area contributed by atoms with Crippen LogP contribution in [-0.2, 0) is 25.1 Å². The van der Waals surface area contributed by atoms with Crippen LogP contribution in [0.5, 0.6) is 0 Å². The van der Waals surface area contributed by atoms with Crippen molar-refractivity contribution in [1.29, 1.82) is 0 Å². The zero-order valence-electron chi connectivity index (χ0n) is 26.3. The molecule has 244 valence electrons. The zero-order valence-corrected chi connectivity index (χ0v) is 27.2. The second kappa shape index (κ2) is 20.8. The van der Waals surface area contributed by atoms with Gasteiger partial charge in [0.1, 0.15) is 6.35 Å². The molecule has 0 saturated heterocycles. The van der Waals surface area contributed by atoms with Crippen molar-refractivity contribution in [2.75, 3.05) is 43.8 Å². The van der Waals surface area contributed by atoms with Gasteiger partial charge < -0.3 is 34.5 Å². The molecule has 0 radical (unpaired) electrons. The molecule has 0 bridgehead atoms. The number of rotatable bonds is 27. The molecule has 4 N–H and O–H groups in total. The summed E-state index contributed by atoms with van der Waals surface area (Å²) >= 11 is 0. The summed E-state index contributed by atoms with van der Waals surface area (Å²) in [6, 6.07) is 0.409. The molecule has 1 unspecified atom stereocenters. The van der Waals surface area contributed by atoms with E-state index in [0.29, 0.717) is 36.2 Å². The van der Waals surface area contributed by atoms with Crippen LogP contribution in [0.2, 0.25) is 0 Å². The monoisotopic (exact) mass is 622 g/mol. The Morgan fingerprint density at radius 3 is 2.30 bits per heavy atom. The van der Waals surface area contributed by atoms with Gasteiger partial charge in [0.05, 0.1) is 26.1 Å². The van der Waals surface area contributed by atoms with E-state index in [1.54, 1.807) is 10.9 Å². The van der Waals surface area contributed by atoms with Crippen LogP contribution >= 0.6 is 7.60 Å². The highest BCUT2D eigenvalue weighted by Crippen LogP contribution is 2.41. The highest BCUT2D eigenvalue weighted by molar-refractivity contribution is 7.52. The summed E-state index contributed by atoms with van der Waals surface area (Å²) in [6.07, 6.45) is 26.0. The van der Waals surface area contributed by atoms with Gasteiger partial charge in [0.25, 0.3) is 0 Å². The van der Waals surface area contributed by atoms with E-state index in [1.165, 1.54) is 77.0 Å². The molecule has 0 amide bonds. The number of allylic oxidation sites excluding steroid dienone is 2. The van der Waals surface area contributed by atoms with Crippen LogP contribution in [0, 0.1) is 0 Å². The number of nitrogens with two attached hydrogens (primary N) is 1. The minimum Gasteiger partial charge on any atom is -0.379 e. The van der Waals surface area contributed by atoms with Crippen molar-refractivity contribution in [1.82, 2.24) is 19.5 Å². The van der Waals surface area contributed by atoms with Crippen LogP contribution in [-0.4, -0.2) is 63.2 Å². The van der Waals surface area contributed by atoms with Crippen LogP contribution in [0.25, 0.3) is 11.2 Å². The van der Waals surface area contributed by atoms with E-state index in [4.69, 9.17) is 19.7 Å². The van der Waals surface area contributed by atoms with Gasteiger partial charge in [0.15, 0.2) is 17.0 Å². The first kappa shape index (κ1) is 35.4. The number of hydrogen-bond donors (Lipinski definition) is 3. The van der Waals surface area contributed by atoms with Crippen LogP contribution in [0.3, 0.4) is 0 Å². The van der Waals surface area contributed by atoms with Crippen molar-refractivity contribution in [3.63, 3.8) is 0 Å². The molecule has 0 aliphatic heterocycles. The third kappa shape index (κ3) is 15.5. The summed E-state index contributed by atoms with van der Waals surface area (Å²) in [7, 11) is -3.85. The molecule has 1 aliphatic rings. The summed E-state index contributed by atoms with van der Waals surface area (Å²) in [6.45, 7) is 3.84. The molecular formula is C31H55N6O5P. The van der Waals surface area contributed by atoms with Gasteiger partial charge in [-0.3, -0.25) is 4.57 Å². The molecule has 0 spiro atoms. The number of hydrogen-bond acceptors (Lipinski definition) is 9. The first-order chi connectivity index (χ1) is 21.0. The third-order valence-electron chi connectivity index (χ3n) is 7.45. The Morgan fingerprint density at radius 2 is 1.60 bits per heavy atom. The molecule has 1 fully saturated rings. The number of nitrogen functional groups attached to an aromatic ring is 1. The number of nitrogens with one attached hydrogen (secondary N) is 1. The van der Waals surface area contributed by atoms with Gasteiger partial charge in [0.2, 0.25) is 5.95 Å². The Kier molecular flexibility index (Phi) is 17.2. The molecule has 2 aromatic rings. The van der Waals surface area contributed by atoms with Crippen molar-refractivity contribution < 1.29 is 23.5 Å². The average molecular weight is 623 g/mol. The lowest BCUT2D eigenvalue weighted by Crippen LogP contribution is -2.11. The van der Waals surface area contributed by atoms with E-state index >= 15 is 0 Å². The topological polar surface area (TPSA) is 147 Å². The maximum absolute atomic E-state index is 12.3. The molecule has 1 atom stereocenters. The number of fused-ring (bicyclic) bond motifs is 1. The molecule has 43 heavy (non-hydrogen) atoms. The lowest BCUT2D eigenvalue weighted by Gasteiger charge is -2.13. The summed E-state index contributed by atoms with van der Waals surface area (Å²) in [5.74, 6) is 0.800. The maximum atomic E-state index is 12.3. The predicted molar refractivity (Wildman–Crippen MR) is 173 cm³/mol. The molecule has 3 rings (SSSR count). The van der Waals surface area contributed by atoms with Crippen molar-refractivity contribution in [3.8, 4) is 0 Å². The smallest absolute Gasteiger partial charge is 0.353 e. The minimum atomic E-state index is -3.85. The molecule has 1 saturated carbocycles. The Hall–Kier alpha value is -2.04. The summed E-state index contributed by atoms with van der Waals surface area (Å²) < 4.78 is 30.2. The fourth-order valence-corrected chi connectivity index (χ4v) is 5.61. The highest BCUT2D eigenvalue weighted by atomic mass is 31.2. The molecule has 1 aliphatic carbocycles. The fraction of sp³-hybridized carbons (Fsp3) is 0.774. The lowest BCUT2D eigenvalue weighted by atomic mass is 10.1. The second-order valence-corrected chi connectivity index (χ2v) is 13.3. The van der Waals surface area contributed by atoms with Crippen molar-refractivity contribution in [3.05, 3.63) is 18.5 Å². The Balaban J connectivity index is 1.11. The number of anilines is 2. The van der Waals surface area contributed by atoms with Crippen LogP contribution in [0.15, 0.2) is 18.5 Å². The molecular weight excluding hydrogens is 567 g/mol. The lowest BCUT2D eigenvalue weighted by molar-refractivity contribution is 0.0841. The zero-order chi connectivity index (χ0) is 30.6. The van der Waals surface area contributed by atoms with E-state index in [-0.39, 0.29) is 32.1 Å². The van der Waals surface area contributed by atoms with E-state index in [9.17, 15) is 9.46 Å². The standard InChI is InChI=1S/C31H55N6O5P/c1-2-3-4-5-6-7-8-9-10-11-12-13-14-15-16-17-21-40-23-24-42-43(38,39)26-41-22-20-37-25-33-28-29(34-27-18-19-27)35-31(32)36-30(28)37/h9-10,25,27H,2-8,11-24,26H2,1H3,(H,38,39)(H3,32,34,35,36)/b10-9-. The summed E-state index contributed by atoms with van der Waals surface area (Å²) in [5.41, 5.74) is 7.12. The molecule has 0 aromatic carbocycles. The van der Waals surface area contributed by atoms with Gasteiger partial charge in [-0.05, 0) is 44.9 Å². The Labute approximate surface area is 257 Å². The van der Waals surface area contributed by atoms with Crippen LogP contribution in [0.1, 0.15) is 110 Å². The van der Waals surface area contributed by atoms with Gasteiger partial charge in [-0.2, -0.15) is 9.97 Å². The van der Waals surface area contributed by atoms with Gasteiger partial charge in [-0.25, -0.2) is 4.98 Å². The fourth-order valence-electron chi connectivity index (χ4n) is 4.82. The summed E-state index contributed by atoms with van der Waals surface area (Å²) in [5, 5.41) is 3.32. The average Bonchev–Trinajstić information content (AvgIpc) is 3.71. The first-order valence-electron chi connectivity index (χ1n) is 16.5.